The number of ether oxygens (including phenoxy) is 2. The lowest BCUT2D eigenvalue weighted by molar-refractivity contribution is -0.142. The highest BCUT2D eigenvalue weighted by Gasteiger charge is 2.41. The SMILES string of the molecule is COc1ccc(F)c([C@@H]2C[C@H]2COc2cccc(C(C3CC3)C(C)C(=O)O)c2)c1. The summed E-state index contributed by atoms with van der Waals surface area (Å²) in [5.74, 6) is 0.945. The lowest BCUT2D eigenvalue weighted by Crippen LogP contribution is -2.20. The van der Waals surface area contributed by atoms with E-state index in [9.17, 15) is 14.3 Å². The molecule has 2 unspecified atom stereocenters. The first-order chi connectivity index (χ1) is 14.0. The molecule has 4 nitrogen and oxygen atoms in total. The molecule has 2 saturated carbocycles. The fourth-order valence-electron chi connectivity index (χ4n) is 4.34. The molecule has 0 heterocycles. The van der Waals surface area contributed by atoms with E-state index in [4.69, 9.17) is 9.47 Å². The molecule has 4 atom stereocenters. The van der Waals surface area contributed by atoms with Gasteiger partial charge in [-0.1, -0.05) is 19.1 Å². The van der Waals surface area contributed by atoms with Gasteiger partial charge in [-0.2, -0.15) is 0 Å². The van der Waals surface area contributed by atoms with Gasteiger partial charge in [0, 0.05) is 5.92 Å². The molecule has 29 heavy (non-hydrogen) atoms. The van der Waals surface area contributed by atoms with Gasteiger partial charge in [-0.25, -0.2) is 4.39 Å². The summed E-state index contributed by atoms with van der Waals surface area (Å²) in [7, 11) is 1.58. The van der Waals surface area contributed by atoms with Gasteiger partial charge in [-0.05, 0) is 78.5 Å². The fourth-order valence-corrected chi connectivity index (χ4v) is 4.34. The molecule has 0 amide bonds. The van der Waals surface area contributed by atoms with E-state index in [0.29, 0.717) is 23.8 Å². The van der Waals surface area contributed by atoms with E-state index >= 15 is 0 Å². The minimum atomic E-state index is -0.755. The molecule has 0 bridgehead atoms. The van der Waals surface area contributed by atoms with Crippen LogP contribution in [0.1, 0.15) is 49.1 Å². The molecule has 0 aromatic heterocycles. The maximum absolute atomic E-state index is 14.2. The molecule has 5 heteroatoms. The zero-order chi connectivity index (χ0) is 20.5. The van der Waals surface area contributed by atoms with Crippen molar-refractivity contribution in [3.63, 3.8) is 0 Å². The highest BCUT2D eigenvalue weighted by Crippen LogP contribution is 2.50. The average molecular weight is 398 g/mol. The van der Waals surface area contributed by atoms with Crippen LogP contribution < -0.4 is 9.47 Å². The van der Waals surface area contributed by atoms with Gasteiger partial charge >= 0.3 is 5.97 Å². The molecule has 0 spiro atoms. The molecular weight excluding hydrogens is 371 g/mol. The minimum Gasteiger partial charge on any atom is -0.497 e. The Morgan fingerprint density at radius 3 is 2.69 bits per heavy atom. The van der Waals surface area contributed by atoms with Crippen LogP contribution in [0.25, 0.3) is 0 Å². The standard InChI is InChI=1S/C24H27FO4/c1-14(24(26)27)23(15-6-7-15)16-4-3-5-19(10-16)29-13-17-11-20(17)21-12-18(28-2)8-9-22(21)25/h3-5,8-10,12,14-15,17,20,23H,6-7,11,13H2,1-2H3,(H,26,27)/t14?,17-,20+,23?/m0/s1. The highest BCUT2D eigenvalue weighted by molar-refractivity contribution is 5.71. The third kappa shape index (κ3) is 4.39. The number of carbonyl (C=O) groups is 1. The molecule has 2 fully saturated rings. The molecule has 2 aliphatic rings. The first kappa shape index (κ1) is 19.7. The Bertz CT molecular complexity index is 892. The van der Waals surface area contributed by atoms with Crippen molar-refractivity contribution in [2.75, 3.05) is 13.7 Å². The molecule has 0 saturated heterocycles. The van der Waals surface area contributed by atoms with Crippen molar-refractivity contribution in [3.05, 3.63) is 59.4 Å². The van der Waals surface area contributed by atoms with Crippen molar-refractivity contribution >= 4 is 5.97 Å². The van der Waals surface area contributed by atoms with Crippen LogP contribution in [0, 0.1) is 23.6 Å². The van der Waals surface area contributed by atoms with Crippen LogP contribution in [0.5, 0.6) is 11.5 Å². The van der Waals surface area contributed by atoms with Gasteiger partial charge in [0.1, 0.15) is 17.3 Å². The Balaban J connectivity index is 1.40. The van der Waals surface area contributed by atoms with Crippen LogP contribution in [0.3, 0.4) is 0 Å². The first-order valence-electron chi connectivity index (χ1n) is 10.3. The number of rotatable bonds is 9. The quantitative estimate of drug-likeness (QED) is 0.628. The summed E-state index contributed by atoms with van der Waals surface area (Å²) < 4.78 is 25.4. The van der Waals surface area contributed by atoms with E-state index in [1.54, 1.807) is 26.2 Å². The Labute approximate surface area is 170 Å². The number of aliphatic carboxylic acids is 1. The van der Waals surface area contributed by atoms with Gasteiger partial charge in [-0.3, -0.25) is 4.79 Å². The highest BCUT2D eigenvalue weighted by atomic mass is 19.1. The number of carboxylic acids is 1. The van der Waals surface area contributed by atoms with Crippen molar-refractivity contribution in [2.24, 2.45) is 17.8 Å². The van der Waals surface area contributed by atoms with Crippen LogP contribution in [0.2, 0.25) is 0 Å². The molecule has 1 N–H and O–H groups in total. The lowest BCUT2D eigenvalue weighted by Gasteiger charge is -2.21. The molecule has 2 aromatic carbocycles. The van der Waals surface area contributed by atoms with Crippen LogP contribution in [0.4, 0.5) is 4.39 Å². The number of methoxy groups -OCH3 is 1. The zero-order valence-corrected chi connectivity index (χ0v) is 16.8. The number of hydrogen-bond acceptors (Lipinski definition) is 3. The molecule has 0 radical (unpaired) electrons. The van der Waals surface area contributed by atoms with Gasteiger partial charge in [0.15, 0.2) is 0 Å². The van der Waals surface area contributed by atoms with Gasteiger partial charge < -0.3 is 14.6 Å². The maximum Gasteiger partial charge on any atom is 0.306 e. The number of carboxylic acid groups (broad SMARTS) is 1. The molecule has 2 aromatic rings. The normalized spacial score (nSPS) is 22.6. The summed E-state index contributed by atoms with van der Waals surface area (Å²) in [4.78, 5) is 11.5. The van der Waals surface area contributed by atoms with Crippen molar-refractivity contribution in [2.45, 2.75) is 38.0 Å². The molecule has 0 aliphatic heterocycles. The second kappa shape index (κ2) is 8.05. The van der Waals surface area contributed by atoms with Crippen LogP contribution in [-0.4, -0.2) is 24.8 Å². The smallest absolute Gasteiger partial charge is 0.306 e. The van der Waals surface area contributed by atoms with Crippen LogP contribution in [0.15, 0.2) is 42.5 Å². The van der Waals surface area contributed by atoms with Crippen molar-refractivity contribution in [1.29, 1.82) is 0 Å². The summed E-state index contributed by atoms with van der Waals surface area (Å²) >= 11 is 0. The summed E-state index contributed by atoms with van der Waals surface area (Å²) in [5.41, 5.74) is 1.72. The van der Waals surface area contributed by atoms with Crippen molar-refractivity contribution < 1.29 is 23.8 Å². The zero-order valence-electron chi connectivity index (χ0n) is 16.8. The molecule has 154 valence electrons. The Kier molecular flexibility index (Phi) is 5.48. The Morgan fingerprint density at radius 2 is 2.00 bits per heavy atom. The first-order valence-corrected chi connectivity index (χ1v) is 10.3. The Morgan fingerprint density at radius 1 is 1.21 bits per heavy atom. The number of hydrogen-bond donors (Lipinski definition) is 1. The summed E-state index contributed by atoms with van der Waals surface area (Å²) in [5, 5.41) is 9.47. The summed E-state index contributed by atoms with van der Waals surface area (Å²) in [6.45, 7) is 2.31. The lowest BCUT2D eigenvalue weighted by atomic mass is 9.83. The summed E-state index contributed by atoms with van der Waals surface area (Å²) in [6, 6.07) is 12.7. The van der Waals surface area contributed by atoms with E-state index in [-0.39, 0.29) is 23.6 Å². The number of halogens is 1. The maximum atomic E-state index is 14.2. The van der Waals surface area contributed by atoms with Crippen LogP contribution >= 0.6 is 0 Å². The second-order valence-electron chi connectivity index (χ2n) is 8.36. The fraction of sp³-hybridized carbons (Fsp3) is 0.458. The Hall–Kier alpha value is -2.56. The predicted molar refractivity (Wildman–Crippen MR) is 108 cm³/mol. The van der Waals surface area contributed by atoms with E-state index in [1.807, 2.05) is 24.3 Å². The third-order valence-electron chi connectivity index (χ3n) is 6.29. The molecule has 2 aliphatic carbocycles. The predicted octanol–water partition coefficient (Wildman–Crippen LogP) is 5.23. The van der Waals surface area contributed by atoms with Crippen molar-refractivity contribution in [1.82, 2.24) is 0 Å². The van der Waals surface area contributed by atoms with E-state index in [0.717, 1.165) is 30.6 Å². The number of benzene rings is 2. The largest absolute Gasteiger partial charge is 0.497 e. The monoisotopic (exact) mass is 398 g/mol. The van der Waals surface area contributed by atoms with E-state index < -0.39 is 11.9 Å². The molecule has 4 rings (SSSR count). The minimum absolute atomic E-state index is 0.0237. The third-order valence-corrected chi connectivity index (χ3v) is 6.29. The van der Waals surface area contributed by atoms with Crippen LogP contribution in [-0.2, 0) is 4.79 Å². The summed E-state index contributed by atoms with van der Waals surface area (Å²) in [6.07, 6.45) is 3.07. The average Bonchev–Trinajstić information content (AvgIpc) is 3.63. The van der Waals surface area contributed by atoms with Gasteiger partial charge in [0.25, 0.3) is 0 Å². The van der Waals surface area contributed by atoms with Gasteiger partial charge in [0.05, 0.1) is 19.6 Å². The van der Waals surface area contributed by atoms with E-state index in [2.05, 4.69) is 0 Å². The van der Waals surface area contributed by atoms with Gasteiger partial charge in [0.2, 0.25) is 0 Å². The van der Waals surface area contributed by atoms with E-state index in [1.165, 1.54) is 6.07 Å². The molecular formula is C24H27FO4. The second-order valence-corrected chi connectivity index (χ2v) is 8.36. The topological polar surface area (TPSA) is 55.8 Å². The van der Waals surface area contributed by atoms with Gasteiger partial charge in [-0.15, -0.1) is 0 Å². The van der Waals surface area contributed by atoms with Crippen molar-refractivity contribution in [3.8, 4) is 11.5 Å².